The SMILES string of the molecule is CCC1CN(c2cc(C(=O)OC)ccn2)CCO1. The Morgan fingerprint density at radius 3 is 3.22 bits per heavy atom. The lowest BCUT2D eigenvalue weighted by atomic mass is 10.2. The van der Waals surface area contributed by atoms with Gasteiger partial charge in [0.05, 0.1) is 25.4 Å². The topological polar surface area (TPSA) is 51.7 Å². The molecule has 0 aromatic carbocycles. The van der Waals surface area contributed by atoms with Crippen LogP contribution in [-0.4, -0.2) is 43.9 Å². The summed E-state index contributed by atoms with van der Waals surface area (Å²) in [5.74, 6) is 0.471. The Balaban J connectivity index is 2.15. The van der Waals surface area contributed by atoms with Gasteiger partial charge >= 0.3 is 5.97 Å². The van der Waals surface area contributed by atoms with Crippen molar-refractivity contribution in [3.63, 3.8) is 0 Å². The highest BCUT2D eigenvalue weighted by Crippen LogP contribution is 2.17. The maximum Gasteiger partial charge on any atom is 0.338 e. The lowest BCUT2D eigenvalue weighted by Crippen LogP contribution is -2.42. The first-order valence-electron chi connectivity index (χ1n) is 6.15. The minimum absolute atomic E-state index is 0.238. The summed E-state index contributed by atoms with van der Waals surface area (Å²) in [6.07, 6.45) is 2.85. The van der Waals surface area contributed by atoms with E-state index < -0.39 is 0 Å². The molecule has 0 spiro atoms. The second-order valence-electron chi connectivity index (χ2n) is 4.24. The molecule has 1 aliphatic heterocycles. The lowest BCUT2D eigenvalue weighted by molar-refractivity contribution is 0.0381. The normalized spacial score (nSPS) is 19.7. The van der Waals surface area contributed by atoms with Gasteiger partial charge in [-0.3, -0.25) is 0 Å². The molecular weight excluding hydrogens is 232 g/mol. The third kappa shape index (κ3) is 2.79. The third-order valence-electron chi connectivity index (χ3n) is 3.08. The summed E-state index contributed by atoms with van der Waals surface area (Å²) in [4.78, 5) is 17.9. The quantitative estimate of drug-likeness (QED) is 0.761. The fourth-order valence-electron chi connectivity index (χ4n) is 2.01. The number of methoxy groups -OCH3 is 1. The van der Waals surface area contributed by atoms with Gasteiger partial charge in [-0.15, -0.1) is 0 Å². The van der Waals surface area contributed by atoms with Gasteiger partial charge < -0.3 is 14.4 Å². The van der Waals surface area contributed by atoms with Crippen molar-refractivity contribution in [3.8, 4) is 0 Å². The largest absolute Gasteiger partial charge is 0.465 e. The summed E-state index contributed by atoms with van der Waals surface area (Å²) in [7, 11) is 1.38. The van der Waals surface area contributed by atoms with Crippen molar-refractivity contribution >= 4 is 11.8 Å². The third-order valence-corrected chi connectivity index (χ3v) is 3.08. The second-order valence-corrected chi connectivity index (χ2v) is 4.24. The lowest BCUT2D eigenvalue weighted by Gasteiger charge is -2.33. The molecule has 2 rings (SSSR count). The summed E-state index contributed by atoms with van der Waals surface area (Å²) in [5.41, 5.74) is 0.530. The van der Waals surface area contributed by atoms with Crippen LogP contribution in [0, 0.1) is 0 Å². The van der Waals surface area contributed by atoms with Crippen molar-refractivity contribution in [2.24, 2.45) is 0 Å². The molecule has 1 fully saturated rings. The number of carbonyl (C=O) groups excluding carboxylic acids is 1. The Kier molecular flexibility index (Phi) is 4.15. The Hall–Kier alpha value is -1.62. The molecule has 1 aromatic heterocycles. The van der Waals surface area contributed by atoms with E-state index in [4.69, 9.17) is 9.47 Å². The highest BCUT2D eigenvalue weighted by atomic mass is 16.5. The number of anilines is 1. The van der Waals surface area contributed by atoms with Gasteiger partial charge in [0.2, 0.25) is 0 Å². The standard InChI is InChI=1S/C13H18N2O3/c1-3-11-9-15(6-7-18-11)12-8-10(4-5-14-12)13(16)17-2/h4-5,8,11H,3,6-7,9H2,1-2H3. The van der Waals surface area contributed by atoms with Crippen LogP contribution in [-0.2, 0) is 9.47 Å². The van der Waals surface area contributed by atoms with Crippen LogP contribution in [0.3, 0.4) is 0 Å². The van der Waals surface area contributed by atoms with Gasteiger partial charge in [0, 0.05) is 19.3 Å². The smallest absolute Gasteiger partial charge is 0.338 e. The second kappa shape index (κ2) is 5.82. The molecule has 0 aliphatic carbocycles. The molecule has 0 saturated carbocycles. The molecule has 0 N–H and O–H groups in total. The van der Waals surface area contributed by atoms with E-state index in [1.54, 1.807) is 18.3 Å². The Labute approximate surface area is 107 Å². The Morgan fingerprint density at radius 1 is 1.67 bits per heavy atom. The first-order chi connectivity index (χ1) is 8.74. The number of rotatable bonds is 3. The van der Waals surface area contributed by atoms with Gasteiger partial charge in [0.25, 0.3) is 0 Å². The molecule has 1 aliphatic rings. The molecule has 5 heteroatoms. The number of esters is 1. The van der Waals surface area contributed by atoms with Gasteiger partial charge in [-0.2, -0.15) is 0 Å². The van der Waals surface area contributed by atoms with Crippen molar-refractivity contribution in [1.82, 2.24) is 4.98 Å². The highest BCUT2D eigenvalue weighted by Gasteiger charge is 2.20. The molecular formula is C13H18N2O3. The summed E-state index contributed by atoms with van der Waals surface area (Å²) >= 11 is 0. The number of morpholine rings is 1. The monoisotopic (exact) mass is 250 g/mol. The van der Waals surface area contributed by atoms with Gasteiger partial charge in [-0.05, 0) is 18.6 Å². The predicted octanol–water partition coefficient (Wildman–Crippen LogP) is 1.48. The predicted molar refractivity (Wildman–Crippen MR) is 67.8 cm³/mol. The number of pyridine rings is 1. The highest BCUT2D eigenvalue weighted by molar-refractivity contribution is 5.90. The zero-order chi connectivity index (χ0) is 13.0. The molecule has 0 radical (unpaired) electrons. The van der Waals surface area contributed by atoms with E-state index in [0.29, 0.717) is 12.2 Å². The van der Waals surface area contributed by atoms with E-state index in [1.165, 1.54) is 7.11 Å². The molecule has 18 heavy (non-hydrogen) atoms. The van der Waals surface area contributed by atoms with Gasteiger partial charge in [-0.25, -0.2) is 9.78 Å². The van der Waals surface area contributed by atoms with Gasteiger partial charge in [-0.1, -0.05) is 6.92 Å². The van der Waals surface area contributed by atoms with E-state index in [9.17, 15) is 4.79 Å². The van der Waals surface area contributed by atoms with Crippen LogP contribution in [0.4, 0.5) is 5.82 Å². The average molecular weight is 250 g/mol. The fraction of sp³-hybridized carbons (Fsp3) is 0.538. The fourth-order valence-corrected chi connectivity index (χ4v) is 2.01. The minimum atomic E-state index is -0.334. The van der Waals surface area contributed by atoms with E-state index in [1.807, 2.05) is 0 Å². The number of ether oxygens (including phenoxy) is 2. The van der Waals surface area contributed by atoms with E-state index in [2.05, 4.69) is 16.8 Å². The molecule has 1 atom stereocenters. The van der Waals surface area contributed by atoms with E-state index in [0.717, 1.165) is 25.3 Å². The van der Waals surface area contributed by atoms with Crippen molar-refractivity contribution in [2.75, 3.05) is 31.7 Å². The van der Waals surface area contributed by atoms with E-state index in [-0.39, 0.29) is 12.1 Å². The number of hydrogen-bond acceptors (Lipinski definition) is 5. The zero-order valence-corrected chi connectivity index (χ0v) is 10.8. The molecule has 1 unspecified atom stereocenters. The minimum Gasteiger partial charge on any atom is -0.465 e. The Bertz CT molecular complexity index is 422. The van der Waals surface area contributed by atoms with Crippen LogP contribution in [0.15, 0.2) is 18.3 Å². The van der Waals surface area contributed by atoms with Crippen molar-refractivity contribution < 1.29 is 14.3 Å². The number of carbonyl (C=O) groups is 1. The number of hydrogen-bond donors (Lipinski definition) is 0. The molecule has 2 heterocycles. The van der Waals surface area contributed by atoms with Crippen molar-refractivity contribution in [1.29, 1.82) is 0 Å². The molecule has 1 aromatic rings. The van der Waals surface area contributed by atoms with Crippen LogP contribution >= 0.6 is 0 Å². The summed E-state index contributed by atoms with van der Waals surface area (Å²) in [6.45, 7) is 4.41. The summed E-state index contributed by atoms with van der Waals surface area (Å²) in [6, 6.07) is 3.43. The zero-order valence-electron chi connectivity index (χ0n) is 10.8. The molecule has 1 saturated heterocycles. The number of aromatic nitrogens is 1. The first kappa shape index (κ1) is 12.8. The van der Waals surface area contributed by atoms with Crippen LogP contribution in [0.1, 0.15) is 23.7 Å². The van der Waals surface area contributed by atoms with Crippen LogP contribution in [0.2, 0.25) is 0 Å². The van der Waals surface area contributed by atoms with Crippen molar-refractivity contribution in [3.05, 3.63) is 23.9 Å². The van der Waals surface area contributed by atoms with Crippen molar-refractivity contribution in [2.45, 2.75) is 19.4 Å². The molecule has 98 valence electrons. The summed E-state index contributed by atoms with van der Waals surface area (Å²) < 4.78 is 10.3. The Morgan fingerprint density at radius 2 is 2.50 bits per heavy atom. The average Bonchev–Trinajstić information content (AvgIpc) is 2.46. The first-order valence-corrected chi connectivity index (χ1v) is 6.15. The van der Waals surface area contributed by atoms with Gasteiger partial charge in [0.15, 0.2) is 0 Å². The summed E-state index contributed by atoms with van der Waals surface area (Å²) in [5, 5.41) is 0. The van der Waals surface area contributed by atoms with Crippen LogP contribution < -0.4 is 4.90 Å². The van der Waals surface area contributed by atoms with E-state index >= 15 is 0 Å². The van der Waals surface area contributed by atoms with Gasteiger partial charge in [0.1, 0.15) is 5.82 Å². The molecule has 0 bridgehead atoms. The van der Waals surface area contributed by atoms with Crippen LogP contribution in [0.25, 0.3) is 0 Å². The number of nitrogens with zero attached hydrogens (tertiary/aromatic N) is 2. The molecule has 5 nitrogen and oxygen atoms in total. The maximum atomic E-state index is 11.5. The van der Waals surface area contributed by atoms with Crippen LogP contribution in [0.5, 0.6) is 0 Å². The maximum absolute atomic E-state index is 11.5. The molecule has 0 amide bonds.